The van der Waals surface area contributed by atoms with Gasteiger partial charge in [0.15, 0.2) is 11.3 Å². The Labute approximate surface area is 133 Å². The SMILES string of the molecule is Cc1c(C(=O)N[C@@H](C)c2ccccn2)oc2c(Cl)cccc12. The van der Waals surface area contributed by atoms with Gasteiger partial charge in [0.2, 0.25) is 0 Å². The van der Waals surface area contributed by atoms with Gasteiger partial charge in [0, 0.05) is 17.1 Å². The van der Waals surface area contributed by atoms with Crippen LogP contribution in [0.3, 0.4) is 0 Å². The Hall–Kier alpha value is -2.33. The number of furan rings is 1. The number of nitrogens with one attached hydrogen (secondary N) is 1. The lowest BCUT2D eigenvalue weighted by Gasteiger charge is -2.12. The van der Waals surface area contributed by atoms with E-state index in [1.54, 1.807) is 12.3 Å². The number of carbonyl (C=O) groups is 1. The van der Waals surface area contributed by atoms with Crippen LogP contribution in [-0.4, -0.2) is 10.9 Å². The van der Waals surface area contributed by atoms with E-state index in [1.165, 1.54) is 0 Å². The first kappa shape index (κ1) is 14.6. The van der Waals surface area contributed by atoms with Crippen LogP contribution in [0, 0.1) is 6.92 Å². The van der Waals surface area contributed by atoms with Crippen molar-refractivity contribution in [2.45, 2.75) is 19.9 Å². The van der Waals surface area contributed by atoms with E-state index in [4.69, 9.17) is 16.0 Å². The molecular weight excluding hydrogens is 300 g/mol. The fraction of sp³-hybridized carbons (Fsp3) is 0.176. The minimum absolute atomic E-state index is 0.211. The van der Waals surface area contributed by atoms with Crippen molar-refractivity contribution in [2.24, 2.45) is 0 Å². The Balaban J connectivity index is 1.90. The fourth-order valence-electron chi connectivity index (χ4n) is 2.39. The van der Waals surface area contributed by atoms with Gasteiger partial charge in [-0.25, -0.2) is 0 Å². The quantitative estimate of drug-likeness (QED) is 0.785. The summed E-state index contributed by atoms with van der Waals surface area (Å²) < 4.78 is 5.66. The number of nitrogens with zero attached hydrogens (tertiary/aromatic N) is 1. The van der Waals surface area contributed by atoms with E-state index in [0.29, 0.717) is 10.6 Å². The first-order valence-corrected chi connectivity index (χ1v) is 7.35. The topological polar surface area (TPSA) is 55.1 Å². The molecule has 22 heavy (non-hydrogen) atoms. The molecular formula is C17H15ClN2O2. The third kappa shape index (κ3) is 2.57. The van der Waals surface area contributed by atoms with Crippen molar-refractivity contribution in [1.29, 1.82) is 0 Å². The molecule has 4 nitrogen and oxygen atoms in total. The lowest BCUT2D eigenvalue weighted by atomic mass is 10.1. The third-order valence-corrected chi connectivity index (χ3v) is 3.90. The molecule has 0 aliphatic carbocycles. The summed E-state index contributed by atoms with van der Waals surface area (Å²) in [5, 5.41) is 4.24. The second-order valence-electron chi connectivity index (χ2n) is 5.12. The first-order chi connectivity index (χ1) is 10.6. The maximum atomic E-state index is 12.5. The number of para-hydroxylation sites is 1. The summed E-state index contributed by atoms with van der Waals surface area (Å²) in [5.74, 6) is 0.00815. The lowest BCUT2D eigenvalue weighted by molar-refractivity contribution is 0.0912. The number of pyridine rings is 1. The van der Waals surface area contributed by atoms with Crippen LogP contribution in [0.5, 0.6) is 0 Å². The third-order valence-electron chi connectivity index (χ3n) is 3.60. The summed E-state index contributed by atoms with van der Waals surface area (Å²) in [6, 6.07) is 10.8. The molecule has 0 saturated carbocycles. The summed E-state index contributed by atoms with van der Waals surface area (Å²) in [6.45, 7) is 3.73. The number of aromatic nitrogens is 1. The first-order valence-electron chi connectivity index (χ1n) is 6.97. The van der Waals surface area contributed by atoms with Gasteiger partial charge in [-0.3, -0.25) is 9.78 Å². The monoisotopic (exact) mass is 314 g/mol. The molecule has 1 N–H and O–H groups in total. The molecule has 2 aromatic heterocycles. The number of carbonyl (C=O) groups excluding carboxylic acids is 1. The highest BCUT2D eigenvalue weighted by Crippen LogP contribution is 2.30. The largest absolute Gasteiger partial charge is 0.449 e. The zero-order valence-corrected chi connectivity index (χ0v) is 13.0. The van der Waals surface area contributed by atoms with E-state index in [-0.39, 0.29) is 17.7 Å². The molecule has 0 fully saturated rings. The van der Waals surface area contributed by atoms with Gasteiger partial charge in [-0.1, -0.05) is 29.8 Å². The predicted octanol–water partition coefficient (Wildman–Crippen LogP) is 4.28. The van der Waals surface area contributed by atoms with Crippen molar-refractivity contribution in [2.75, 3.05) is 0 Å². The van der Waals surface area contributed by atoms with Crippen LogP contribution in [0.1, 0.15) is 34.8 Å². The fourth-order valence-corrected chi connectivity index (χ4v) is 2.61. The molecule has 2 heterocycles. The average Bonchev–Trinajstić information content (AvgIpc) is 2.87. The van der Waals surface area contributed by atoms with Gasteiger partial charge >= 0.3 is 0 Å². The maximum Gasteiger partial charge on any atom is 0.287 e. The van der Waals surface area contributed by atoms with Crippen LogP contribution in [0.15, 0.2) is 47.0 Å². The summed E-state index contributed by atoms with van der Waals surface area (Å²) >= 11 is 6.11. The maximum absolute atomic E-state index is 12.5. The van der Waals surface area contributed by atoms with Gasteiger partial charge in [0.1, 0.15) is 0 Å². The summed E-state index contributed by atoms with van der Waals surface area (Å²) in [7, 11) is 0. The molecule has 112 valence electrons. The van der Waals surface area contributed by atoms with E-state index in [2.05, 4.69) is 10.3 Å². The highest BCUT2D eigenvalue weighted by molar-refractivity contribution is 6.35. The number of amides is 1. The molecule has 0 spiro atoms. The van der Waals surface area contributed by atoms with Crippen LogP contribution in [0.2, 0.25) is 5.02 Å². The van der Waals surface area contributed by atoms with Crippen LogP contribution in [0.4, 0.5) is 0 Å². The molecule has 3 rings (SSSR count). The van der Waals surface area contributed by atoms with Gasteiger partial charge in [-0.15, -0.1) is 0 Å². The minimum Gasteiger partial charge on any atom is -0.449 e. The lowest BCUT2D eigenvalue weighted by Crippen LogP contribution is -2.27. The number of aryl methyl sites for hydroxylation is 1. The molecule has 3 aromatic rings. The smallest absolute Gasteiger partial charge is 0.287 e. The number of benzene rings is 1. The molecule has 0 bridgehead atoms. The van der Waals surface area contributed by atoms with E-state index < -0.39 is 0 Å². The van der Waals surface area contributed by atoms with E-state index >= 15 is 0 Å². The van der Waals surface area contributed by atoms with Crippen molar-refractivity contribution in [1.82, 2.24) is 10.3 Å². The van der Waals surface area contributed by atoms with Crippen LogP contribution >= 0.6 is 11.6 Å². The highest BCUT2D eigenvalue weighted by Gasteiger charge is 2.20. The normalized spacial score (nSPS) is 12.3. The molecule has 0 saturated heterocycles. The molecule has 0 radical (unpaired) electrons. The molecule has 1 atom stereocenters. The summed E-state index contributed by atoms with van der Waals surface area (Å²) in [4.78, 5) is 16.7. The molecule has 5 heteroatoms. The van der Waals surface area contributed by atoms with Crippen LogP contribution < -0.4 is 5.32 Å². The molecule has 0 unspecified atom stereocenters. The standard InChI is InChI=1S/C17H15ClN2O2/c1-10-12-6-5-7-13(18)16(12)22-15(10)17(21)20-11(2)14-8-3-4-9-19-14/h3-9,11H,1-2H3,(H,20,21)/t11-/m0/s1. The van der Waals surface area contributed by atoms with Crippen molar-refractivity contribution in [3.63, 3.8) is 0 Å². The van der Waals surface area contributed by atoms with Gasteiger partial charge < -0.3 is 9.73 Å². The second-order valence-corrected chi connectivity index (χ2v) is 5.53. The molecule has 1 amide bonds. The Morgan fingerprint density at radius 3 is 2.77 bits per heavy atom. The number of hydrogen-bond acceptors (Lipinski definition) is 3. The number of hydrogen-bond donors (Lipinski definition) is 1. The van der Waals surface area contributed by atoms with Crippen molar-refractivity contribution < 1.29 is 9.21 Å². The molecule has 1 aromatic carbocycles. The Morgan fingerprint density at radius 2 is 2.09 bits per heavy atom. The number of rotatable bonds is 3. The van der Waals surface area contributed by atoms with Crippen LogP contribution in [0.25, 0.3) is 11.0 Å². The molecule has 0 aliphatic heterocycles. The summed E-state index contributed by atoms with van der Waals surface area (Å²) in [5.41, 5.74) is 2.11. The van der Waals surface area contributed by atoms with Gasteiger partial charge in [-0.05, 0) is 32.0 Å². The number of fused-ring (bicyclic) bond motifs is 1. The Morgan fingerprint density at radius 1 is 1.27 bits per heavy atom. The van der Waals surface area contributed by atoms with E-state index in [9.17, 15) is 4.79 Å². The van der Waals surface area contributed by atoms with E-state index in [0.717, 1.165) is 16.6 Å². The average molecular weight is 315 g/mol. The minimum atomic E-state index is -0.275. The Bertz CT molecular complexity index is 827. The van der Waals surface area contributed by atoms with Crippen LogP contribution in [-0.2, 0) is 0 Å². The highest BCUT2D eigenvalue weighted by atomic mass is 35.5. The predicted molar refractivity (Wildman–Crippen MR) is 86.1 cm³/mol. The van der Waals surface area contributed by atoms with Gasteiger partial charge in [0.25, 0.3) is 5.91 Å². The Kier molecular flexibility index (Phi) is 3.86. The zero-order valence-electron chi connectivity index (χ0n) is 12.3. The molecule has 0 aliphatic rings. The number of halogens is 1. The van der Waals surface area contributed by atoms with Gasteiger partial charge in [-0.2, -0.15) is 0 Å². The van der Waals surface area contributed by atoms with Crippen molar-refractivity contribution >= 4 is 28.5 Å². The summed E-state index contributed by atoms with van der Waals surface area (Å²) in [6.07, 6.45) is 1.70. The van der Waals surface area contributed by atoms with Crippen molar-refractivity contribution in [3.8, 4) is 0 Å². The van der Waals surface area contributed by atoms with E-state index in [1.807, 2.05) is 44.2 Å². The van der Waals surface area contributed by atoms with Crippen molar-refractivity contribution in [3.05, 3.63) is 64.6 Å². The van der Waals surface area contributed by atoms with Gasteiger partial charge in [0.05, 0.1) is 16.8 Å². The second kappa shape index (κ2) is 5.81. The zero-order chi connectivity index (χ0) is 15.7.